The minimum absolute atomic E-state index is 0.0936. The zero-order valence-electron chi connectivity index (χ0n) is 14.5. The summed E-state index contributed by atoms with van der Waals surface area (Å²) in [5.41, 5.74) is 1.31. The third-order valence-electron chi connectivity index (χ3n) is 4.97. The third-order valence-corrected chi connectivity index (χ3v) is 4.97. The van der Waals surface area contributed by atoms with E-state index in [1.165, 1.54) is 0 Å². The van der Waals surface area contributed by atoms with Gasteiger partial charge in [-0.05, 0) is 49.4 Å². The van der Waals surface area contributed by atoms with Crippen LogP contribution in [0.2, 0.25) is 0 Å². The number of carboxylic acids is 1. The highest BCUT2D eigenvalue weighted by atomic mass is 16.4. The summed E-state index contributed by atoms with van der Waals surface area (Å²) in [5, 5.41) is 22.1. The van der Waals surface area contributed by atoms with Crippen LogP contribution in [0.15, 0.2) is 18.2 Å². The molecule has 24 heavy (non-hydrogen) atoms. The van der Waals surface area contributed by atoms with Crippen LogP contribution in [0.25, 0.3) is 0 Å². The molecule has 1 aromatic carbocycles. The predicted molar refractivity (Wildman–Crippen MR) is 90.8 cm³/mol. The number of nitrogens with one attached hydrogen (secondary N) is 1. The van der Waals surface area contributed by atoms with E-state index >= 15 is 0 Å². The average Bonchev–Trinajstić information content (AvgIpc) is 2.50. The first kappa shape index (κ1) is 18.4. The van der Waals surface area contributed by atoms with Crippen molar-refractivity contribution >= 4 is 11.9 Å². The molecule has 3 N–H and O–H groups in total. The lowest BCUT2D eigenvalue weighted by molar-refractivity contribution is -0.124. The maximum Gasteiger partial charge on any atom is 0.335 e. The Morgan fingerprint density at radius 1 is 1.42 bits per heavy atom. The summed E-state index contributed by atoms with van der Waals surface area (Å²) < 4.78 is 0. The van der Waals surface area contributed by atoms with Crippen LogP contribution in [0.1, 0.15) is 41.8 Å². The van der Waals surface area contributed by atoms with Gasteiger partial charge in [-0.15, -0.1) is 0 Å². The maximum atomic E-state index is 12.2. The summed E-state index contributed by atoms with van der Waals surface area (Å²) in [4.78, 5) is 25.2. The molecule has 1 fully saturated rings. The molecule has 0 aliphatic carbocycles. The molecule has 0 aromatic heterocycles. The fourth-order valence-electron chi connectivity index (χ4n) is 2.90. The standard InChI is InChI=1S/C18H26N2O4/c1-12-4-5-14(17(22)23)8-15(12)9-19-16(21)11-20-7-6-18(3,24)13(2)10-20/h4-5,8,13,24H,6-7,9-11H2,1-3H3,(H,19,21)(H,22,23)/t13-,18+/m1/s1. The molecule has 1 saturated heterocycles. The molecule has 1 amide bonds. The summed E-state index contributed by atoms with van der Waals surface area (Å²) in [6.07, 6.45) is 0.654. The number of likely N-dealkylation sites (tertiary alicyclic amines) is 1. The van der Waals surface area contributed by atoms with Crippen molar-refractivity contribution in [1.82, 2.24) is 10.2 Å². The van der Waals surface area contributed by atoms with Gasteiger partial charge in [0.1, 0.15) is 0 Å². The van der Waals surface area contributed by atoms with Crippen molar-refractivity contribution in [3.05, 3.63) is 34.9 Å². The molecule has 0 spiro atoms. The Morgan fingerprint density at radius 2 is 2.12 bits per heavy atom. The Kier molecular flexibility index (Phi) is 5.62. The Labute approximate surface area is 142 Å². The second-order valence-electron chi connectivity index (χ2n) is 6.97. The Bertz CT molecular complexity index is 627. The highest BCUT2D eigenvalue weighted by Gasteiger charge is 2.34. The SMILES string of the molecule is Cc1ccc(C(=O)O)cc1CNC(=O)CN1CC[C@](C)(O)[C@H](C)C1. The Hall–Kier alpha value is -1.92. The summed E-state index contributed by atoms with van der Waals surface area (Å²) in [6.45, 7) is 7.71. The number of amides is 1. The number of carboxylic acid groups (broad SMARTS) is 1. The van der Waals surface area contributed by atoms with Crippen LogP contribution in [0.5, 0.6) is 0 Å². The fourth-order valence-corrected chi connectivity index (χ4v) is 2.90. The number of rotatable bonds is 5. The van der Waals surface area contributed by atoms with Gasteiger partial charge < -0.3 is 15.5 Å². The second-order valence-corrected chi connectivity index (χ2v) is 6.97. The molecule has 1 aromatic rings. The minimum atomic E-state index is -0.975. The summed E-state index contributed by atoms with van der Waals surface area (Å²) in [7, 11) is 0. The minimum Gasteiger partial charge on any atom is -0.478 e. The molecule has 0 radical (unpaired) electrons. The van der Waals surface area contributed by atoms with E-state index < -0.39 is 11.6 Å². The quantitative estimate of drug-likeness (QED) is 0.757. The molecular formula is C18H26N2O4. The van der Waals surface area contributed by atoms with Gasteiger partial charge in [-0.1, -0.05) is 13.0 Å². The highest BCUT2D eigenvalue weighted by molar-refractivity contribution is 5.88. The summed E-state index contributed by atoms with van der Waals surface area (Å²) in [5.74, 6) is -0.950. The number of benzene rings is 1. The van der Waals surface area contributed by atoms with Crippen molar-refractivity contribution in [3.8, 4) is 0 Å². The molecule has 0 saturated carbocycles. The van der Waals surface area contributed by atoms with E-state index in [1.54, 1.807) is 18.2 Å². The number of aliphatic hydroxyl groups is 1. The van der Waals surface area contributed by atoms with Gasteiger partial charge in [0.15, 0.2) is 0 Å². The van der Waals surface area contributed by atoms with Gasteiger partial charge in [-0.3, -0.25) is 9.69 Å². The number of piperidine rings is 1. The number of hydrogen-bond donors (Lipinski definition) is 3. The smallest absolute Gasteiger partial charge is 0.335 e. The van der Waals surface area contributed by atoms with Crippen molar-refractivity contribution in [2.45, 2.75) is 39.3 Å². The van der Waals surface area contributed by atoms with Crippen LogP contribution in [-0.4, -0.2) is 52.2 Å². The van der Waals surface area contributed by atoms with E-state index in [0.717, 1.165) is 11.1 Å². The largest absolute Gasteiger partial charge is 0.478 e. The van der Waals surface area contributed by atoms with E-state index in [4.69, 9.17) is 5.11 Å². The first-order valence-corrected chi connectivity index (χ1v) is 8.23. The monoisotopic (exact) mass is 334 g/mol. The fraction of sp³-hybridized carbons (Fsp3) is 0.556. The van der Waals surface area contributed by atoms with Crippen LogP contribution < -0.4 is 5.32 Å². The molecule has 6 heteroatoms. The Morgan fingerprint density at radius 3 is 2.75 bits per heavy atom. The third kappa shape index (κ3) is 4.55. The van der Waals surface area contributed by atoms with Crippen LogP contribution in [0.4, 0.5) is 0 Å². The van der Waals surface area contributed by atoms with Gasteiger partial charge in [0, 0.05) is 19.6 Å². The Balaban J connectivity index is 1.88. The molecule has 1 aliphatic heterocycles. The summed E-state index contributed by atoms with van der Waals surface area (Å²) in [6, 6.07) is 4.90. The number of hydrogen-bond acceptors (Lipinski definition) is 4. The lowest BCUT2D eigenvalue weighted by Crippen LogP contribution is -2.51. The van der Waals surface area contributed by atoms with Gasteiger partial charge in [0.2, 0.25) is 5.91 Å². The van der Waals surface area contributed by atoms with Crippen molar-refractivity contribution in [3.63, 3.8) is 0 Å². The van der Waals surface area contributed by atoms with E-state index in [-0.39, 0.29) is 23.9 Å². The molecule has 0 bridgehead atoms. The van der Waals surface area contributed by atoms with Crippen molar-refractivity contribution < 1.29 is 19.8 Å². The van der Waals surface area contributed by atoms with Crippen LogP contribution in [0, 0.1) is 12.8 Å². The van der Waals surface area contributed by atoms with Crippen LogP contribution >= 0.6 is 0 Å². The van der Waals surface area contributed by atoms with Crippen LogP contribution in [-0.2, 0) is 11.3 Å². The first-order valence-electron chi connectivity index (χ1n) is 8.23. The molecule has 2 rings (SSSR count). The first-order chi connectivity index (χ1) is 11.2. The average molecular weight is 334 g/mol. The van der Waals surface area contributed by atoms with E-state index in [9.17, 15) is 14.7 Å². The lowest BCUT2D eigenvalue weighted by atomic mass is 9.84. The molecule has 6 nitrogen and oxygen atoms in total. The molecule has 0 unspecified atom stereocenters. The number of carbonyl (C=O) groups excluding carboxylic acids is 1. The second kappa shape index (κ2) is 7.32. The van der Waals surface area contributed by atoms with Gasteiger partial charge in [-0.2, -0.15) is 0 Å². The van der Waals surface area contributed by atoms with E-state index in [2.05, 4.69) is 5.32 Å². The van der Waals surface area contributed by atoms with Crippen molar-refractivity contribution in [1.29, 1.82) is 0 Å². The number of nitrogens with zero attached hydrogens (tertiary/aromatic N) is 1. The van der Waals surface area contributed by atoms with Crippen molar-refractivity contribution in [2.75, 3.05) is 19.6 Å². The number of aryl methyl sites for hydroxylation is 1. The molecular weight excluding hydrogens is 308 g/mol. The van der Waals surface area contributed by atoms with Gasteiger partial charge in [-0.25, -0.2) is 4.79 Å². The molecule has 132 valence electrons. The number of carbonyl (C=O) groups is 2. The van der Waals surface area contributed by atoms with Gasteiger partial charge in [0.25, 0.3) is 0 Å². The maximum absolute atomic E-state index is 12.2. The number of aromatic carboxylic acids is 1. The summed E-state index contributed by atoms with van der Waals surface area (Å²) >= 11 is 0. The van der Waals surface area contributed by atoms with Crippen molar-refractivity contribution in [2.24, 2.45) is 5.92 Å². The predicted octanol–water partition coefficient (Wildman–Crippen LogP) is 1.40. The van der Waals surface area contributed by atoms with Crippen LogP contribution in [0.3, 0.4) is 0 Å². The lowest BCUT2D eigenvalue weighted by Gasteiger charge is -2.40. The topological polar surface area (TPSA) is 89.9 Å². The zero-order chi connectivity index (χ0) is 17.9. The normalized spacial score (nSPS) is 24.6. The van der Waals surface area contributed by atoms with Gasteiger partial charge in [0.05, 0.1) is 17.7 Å². The van der Waals surface area contributed by atoms with Gasteiger partial charge >= 0.3 is 5.97 Å². The molecule has 1 heterocycles. The molecule has 2 atom stereocenters. The highest BCUT2D eigenvalue weighted by Crippen LogP contribution is 2.26. The molecule has 1 aliphatic rings. The van der Waals surface area contributed by atoms with E-state index in [0.29, 0.717) is 26.1 Å². The van der Waals surface area contributed by atoms with E-state index in [1.807, 2.05) is 25.7 Å². The zero-order valence-corrected chi connectivity index (χ0v) is 14.5.